The Bertz CT molecular complexity index is 1110. The van der Waals surface area contributed by atoms with Gasteiger partial charge in [0.2, 0.25) is 15.8 Å². The van der Waals surface area contributed by atoms with Crippen LogP contribution in [0.5, 0.6) is 0 Å². The second-order valence-electron chi connectivity index (χ2n) is 6.99. The Hall–Kier alpha value is -2.69. The van der Waals surface area contributed by atoms with E-state index >= 15 is 0 Å². The topological polar surface area (TPSA) is 137 Å². The minimum Gasteiger partial charge on any atom is -0.383 e. The molecule has 9 nitrogen and oxygen atoms in total. The van der Waals surface area contributed by atoms with E-state index in [1.807, 2.05) is 32.0 Å². The van der Waals surface area contributed by atoms with E-state index in [1.54, 1.807) is 12.1 Å². The van der Waals surface area contributed by atoms with Crippen LogP contribution in [0, 0.1) is 13.8 Å². The summed E-state index contributed by atoms with van der Waals surface area (Å²) in [6.07, 6.45) is 0. The summed E-state index contributed by atoms with van der Waals surface area (Å²) in [5.41, 5.74) is 2.23. The molecule has 0 amide bonds. The largest absolute Gasteiger partial charge is 0.383 e. The van der Waals surface area contributed by atoms with Crippen LogP contribution in [0.1, 0.15) is 29.3 Å². The van der Waals surface area contributed by atoms with E-state index < -0.39 is 21.4 Å². The maximum Gasteiger partial charge on any atom is 0.223 e. The van der Waals surface area contributed by atoms with E-state index in [4.69, 9.17) is 5.14 Å². The molecule has 3 rings (SSSR count). The first-order chi connectivity index (χ1) is 13.0. The number of benzene rings is 1. The first kappa shape index (κ1) is 20.1. The number of hydrogen-bond donors (Lipinski definition) is 2. The monoisotopic (exact) mass is 402 g/mol. The number of tetrazole rings is 1. The van der Waals surface area contributed by atoms with Gasteiger partial charge in [-0.3, -0.25) is 0 Å². The summed E-state index contributed by atoms with van der Waals surface area (Å²) >= 11 is 0. The molecular weight excluding hydrogens is 380 g/mol. The number of aliphatic hydroxyl groups is 1. The highest BCUT2D eigenvalue weighted by atomic mass is 32.2. The van der Waals surface area contributed by atoms with Gasteiger partial charge in [0.1, 0.15) is 11.3 Å². The Morgan fingerprint density at radius 1 is 1.18 bits per heavy atom. The van der Waals surface area contributed by atoms with Gasteiger partial charge in [-0.15, -0.1) is 10.2 Å². The number of hydrogen-bond acceptors (Lipinski definition) is 7. The number of sulfonamides is 1. The van der Waals surface area contributed by atoms with E-state index in [-0.39, 0.29) is 11.5 Å². The van der Waals surface area contributed by atoms with Crippen molar-refractivity contribution in [3.63, 3.8) is 0 Å². The van der Waals surface area contributed by atoms with Crippen molar-refractivity contribution in [3.8, 4) is 11.5 Å². The zero-order valence-electron chi connectivity index (χ0n) is 15.9. The zero-order valence-corrected chi connectivity index (χ0v) is 16.7. The molecule has 3 aromatic rings. The van der Waals surface area contributed by atoms with Crippen molar-refractivity contribution in [3.05, 3.63) is 58.8 Å². The molecule has 0 aliphatic rings. The Balaban J connectivity index is 1.87. The van der Waals surface area contributed by atoms with Gasteiger partial charge in [0.25, 0.3) is 0 Å². The van der Waals surface area contributed by atoms with E-state index in [9.17, 15) is 13.5 Å². The van der Waals surface area contributed by atoms with E-state index in [2.05, 4.69) is 20.4 Å². The summed E-state index contributed by atoms with van der Waals surface area (Å²) in [5, 5.41) is 28.0. The first-order valence-corrected chi connectivity index (χ1v) is 10.3. The predicted molar refractivity (Wildman–Crippen MR) is 104 cm³/mol. The molecule has 0 aliphatic heterocycles. The molecule has 2 heterocycles. The molecule has 0 radical (unpaired) electrons. The molecule has 148 valence electrons. The van der Waals surface area contributed by atoms with Crippen LogP contribution < -0.4 is 5.14 Å². The van der Waals surface area contributed by atoms with Crippen LogP contribution in [0.3, 0.4) is 0 Å². The fraction of sp³-hybridized carbons (Fsp3) is 0.333. The van der Waals surface area contributed by atoms with E-state index in [0.29, 0.717) is 12.2 Å². The van der Waals surface area contributed by atoms with Gasteiger partial charge in [-0.05, 0) is 54.8 Å². The van der Waals surface area contributed by atoms with Gasteiger partial charge in [-0.25, -0.2) is 18.5 Å². The highest BCUT2D eigenvalue weighted by molar-refractivity contribution is 7.89. The molecule has 1 aromatic carbocycles. The average molecular weight is 402 g/mol. The molecule has 0 aliphatic carbocycles. The number of rotatable bonds is 6. The summed E-state index contributed by atoms with van der Waals surface area (Å²) < 4.78 is 22.7. The van der Waals surface area contributed by atoms with Crippen molar-refractivity contribution in [1.29, 1.82) is 0 Å². The molecule has 0 unspecified atom stereocenters. The van der Waals surface area contributed by atoms with Gasteiger partial charge < -0.3 is 5.11 Å². The summed E-state index contributed by atoms with van der Waals surface area (Å²) in [5.74, 6) is -0.373. The lowest BCUT2D eigenvalue weighted by molar-refractivity contribution is 0.0773. The van der Waals surface area contributed by atoms with Gasteiger partial charge in [-0.1, -0.05) is 24.3 Å². The molecule has 2 aromatic heterocycles. The SMILES string of the molecule is Cc1cccc(Cn2nnc(-c3cccc([C@@](C)(O)CS(N)(=O)=O)n3)n2)c1C. The standard InChI is InChI=1S/C18H22N6O3S/c1-12-6-4-7-14(13(12)2)10-24-22-17(21-23-24)15-8-5-9-16(20-15)18(3,25)11-28(19,26)27/h4-9,25H,10-11H2,1-3H3,(H2,19,26,27)/t18-/m0/s1. The average Bonchev–Trinajstić information content (AvgIpc) is 3.06. The van der Waals surface area contributed by atoms with Crippen LogP contribution in [0.2, 0.25) is 0 Å². The smallest absolute Gasteiger partial charge is 0.223 e. The molecule has 3 N–H and O–H groups in total. The molecule has 10 heteroatoms. The van der Waals surface area contributed by atoms with Gasteiger partial charge in [0.15, 0.2) is 0 Å². The first-order valence-electron chi connectivity index (χ1n) is 8.59. The number of aryl methyl sites for hydroxylation is 1. The van der Waals surface area contributed by atoms with Crippen molar-refractivity contribution in [2.75, 3.05) is 5.75 Å². The van der Waals surface area contributed by atoms with Crippen LogP contribution in [-0.4, -0.2) is 44.5 Å². The Labute approximate surface area is 163 Å². The molecule has 0 spiro atoms. The van der Waals surface area contributed by atoms with Gasteiger partial charge in [0, 0.05) is 0 Å². The van der Waals surface area contributed by atoms with Gasteiger partial charge in [-0.2, -0.15) is 4.80 Å². The third kappa shape index (κ3) is 4.58. The quantitative estimate of drug-likeness (QED) is 0.625. The van der Waals surface area contributed by atoms with Crippen molar-refractivity contribution in [2.24, 2.45) is 5.14 Å². The Morgan fingerprint density at radius 2 is 1.89 bits per heavy atom. The second kappa shape index (κ2) is 7.38. The van der Waals surface area contributed by atoms with Crippen LogP contribution >= 0.6 is 0 Å². The minimum absolute atomic E-state index is 0.157. The molecule has 0 bridgehead atoms. The molecule has 0 fully saturated rings. The molecule has 1 atom stereocenters. The summed E-state index contributed by atoms with van der Waals surface area (Å²) in [4.78, 5) is 5.77. The highest BCUT2D eigenvalue weighted by Crippen LogP contribution is 2.22. The molecule has 28 heavy (non-hydrogen) atoms. The lowest BCUT2D eigenvalue weighted by Gasteiger charge is -2.21. The van der Waals surface area contributed by atoms with Crippen LogP contribution in [-0.2, 0) is 22.2 Å². The molecule has 0 saturated carbocycles. The summed E-state index contributed by atoms with van der Waals surface area (Å²) in [6.45, 7) is 5.89. The lowest BCUT2D eigenvalue weighted by Crippen LogP contribution is -2.35. The number of nitrogens with two attached hydrogens (primary N) is 1. The predicted octanol–water partition coefficient (Wildman–Crippen LogP) is 0.896. The Kier molecular flexibility index (Phi) is 5.28. The van der Waals surface area contributed by atoms with Crippen molar-refractivity contribution < 1.29 is 13.5 Å². The van der Waals surface area contributed by atoms with Crippen LogP contribution in [0.25, 0.3) is 11.5 Å². The summed E-state index contributed by atoms with van der Waals surface area (Å²) in [6, 6.07) is 10.9. The highest BCUT2D eigenvalue weighted by Gasteiger charge is 2.30. The van der Waals surface area contributed by atoms with Crippen LogP contribution in [0.15, 0.2) is 36.4 Å². The van der Waals surface area contributed by atoms with E-state index in [0.717, 1.165) is 5.56 Å². The zero-order chi connectivity index (χ0) is 20.5. The molecule has 0 saturated heterocycles. The van der Waals surface area contributed by atoms with Gasteiger partial charge >= 0.3 is 0 Å². The van der Waals surface area contributed by atoms with Gasteiger partial charge in [0.05, 0.1) is 18.0 Å². The maximum atomic E-state index is 11.4. The minimum atomic E-state index is -3.88. The van der Waals surface area contributed by atoms with Crippen molar-refractivity contribution in [1.82, 2.24) is 25.2 Å². The third-order valence-electron chi connectivity index (χ3n) is 4.49. The van der Waals surface area contributed by atoms with Crippen LogP contribution in [0.4, 0.5) is 0 Å². The molecular formula is C18H22N6O3S. The van der Waals surface area contributed by atoms with Crippen molar-refractivity contribution >= 4 is 10.0 Å². The maximum absolute atomic E-state index is 11.4. The van der Waals surface area contributed by atoms with Crippen molar-refractivity contribution in [2.45, 2.75) is 32.9 Å². The normalized spacial score (nSPS) is 14.0. The number of aromatic nitrogens is 5. The number of primary sulfonamides is 1. The third-order valence-corrected chi connectivity index (χ3v) is 5.46. The fourth-order valence-corrected chi connectivity index (χ4v) is 3.80. The second-order valence-corrected chi connectivity index (χ2v) is 8.61. The lowest BCUT2D eigenvalue weighted by atomic mass is 10.0. The Morgan fingerprint density at radius 3 is 2.61 bits per heavy atom. The fourth-order valence-electron chi connectivity index (χ4n) is 2.87. The van der Waals surface area contributed by atoms with E-state index in [1.165, 1.54) is 28.9 Å². The summed E-state index contributed by atoms with van der Waals surface area (Å²) in [7, 11) is -3.88. The number of pyridine rings is 1. The number of nitrogens with zero attached hydrogens (tertiary/aromatic N) is 5.